The van der Waals surface area contributed by atoms with Gasteiger partial charge in [0.1, 0.15) is 12.8 Å². The van der Waals surface area contributed by atoms with Crippen molar-refractivity contribution in [3.05, 3.63) is 99.8 Å². The number of benzene rings is 1. The lowest BCUT2D eigenvalue weighted by Crippen LogP contribution is -2.51. The van der Waals surface area contributed by atoms with Crippen LogP contribution in [0.1, 0.15) is 62.2 Å². The maximum Gasteiger partial charge on any atom is 0.737 e. The van der Waals surface area contributed by atoms with Gasteiger partial charge in [0.25, 0.3) is 0 Å². The van der Waals surface area contributed by atoms with Gasteiger partial charge >= 0.3 is 6.97 Å². The Morgan fingerprint density at radius 1 is 0.950 bits per heavy atom. The van der Waals surface area contributed by atoms with Gasteiger partial charge in [-0.15, -0.1) is 5.10 Å². The van der Waals surface area contributed by atoms with Gasteiger partial charge < -0.3 is 17.6 Å². The fraction of sp³-hybridized carbons (Fsp3) is 0.290. The van der Waals surface area contributed by atoms with E-state index < -0.39 is 6.97 Å². The smallest absolute Gasteiger partial charge is 0.393 e. The van der Waals surface area contributed by atoms with Crippen molar-refractivity contribution in [2.45, 2.75) is 54.4 Å². The van der Waals surface area contributed by atoms with E-state index in [0.717, 1.165) is 50.5 Å². The molecule has 40 heavy (non-hydrogen) atoms. The van der Waals surface area contributed by atoms with E-state index in [-0.39, 0.29) is 0 Å². The molecule has 5 heterocycles. The minimum absolute atomic E-state index is 0.627. The second kappa shape index (κ2) is 9.22. The Labute approximate surface area is 233 Å². The van der Waals surface area contributed by atoms with Gasteiger partial charge in [-0.3, -0.25) is 0 Å². The molecule has 6 rings (SSSR count). The van der Waals surface area contributed by atoms with Crippen molar-refractivity contribution < 1.29 is 17.7 Å². The third-order valence-electron chi connectivity index (χ3n) is 8.73. The largest absolute Gasteiger partial charge is 0.737 e. The minimum Gasteiger partial charge on any atom is -0.393 e. The average Bonchev–Trinajstić information content (AvgIpc) is 3.59. The van der Waals surface area contributed by atoms with E-state index in [9.17, 15) is 0 Å². The van der Waals surface area contributed by atoms with Crippen LogP contribution in [-0.2, 0) is 13.5 Å². The molecule has 0 bridgehead atoms. The highest BCUT2D eigenvalue weighted by Gasteiger charge is 2.56. The molecule has 0 fully saturated rings. The lowest BCUT2D eigenvalue weighted by atomic mass is 9.83. The molecule has 0 atom stereocenters. The topological polar surface area (TPSA) is 42.5 Å². The number of fused-ring (bicyclic) bond motifs is 2. The number of hydrogen-bond acceptors (Lipinski definition) is 2. The Kier molecular flexibility index (Phi) is 6.02. The van der Waals surface area contributed by atoms with Crippen molar-refractivity contribution in [3.8, 4) is 17.1 Å². The summed E-state index contributed by atoms with van der Waals surface area (Å²) >= 11 is 0. The molecule has 0 saturated carbocycles. The molecule has 6 nitrogen and oxygen atoms in total. The molecule has 0 spiro atoms. The summed E-state index contributed by atoms with van der Waals surface area (Å²) in [6.07, 6.45) is 5.29. The highest BCUT2D eigenvalue weighted by atomic mass is 19.2. The number of aromatic nitrogens is 5. The van der Waals surface area contributed by atoms with Crippen LogP contribution in [0.3, 0.4) is 0 Å². The van der Waals surface area contributed by atoms with E-state index in [1.807, 2.05) is 108 Å². The summed E-state index contributed by atoms with van der Waals surface area (Å²) in [6.45, 7) is 7.67. The number of halogens is 2. The van der Waals surface area contributed by atoms with E-state index in [2.05, 4.69) is 10.3 Å². The van der Waals surface area contributed by atoms with Gasteiger partial charge in [0.15, 0.2) is 17.6 Å². The van der Waals surface area contributed by atoms with Gasteiger partial charge in [-0.1, -0.05) is 31.2 Å². The number of nitrogens with zero attached hydrogens (tertiary/aromatic N) is 6. The molecule has 0 unspecified atom stereocenters. The highest BCUT2D eigenvalue weighted by molar-refractivity contribution is 6.58. The van der Waals surface area contributed by atoms with Crippen molar-refractivity contribution in [1.29, 1.82) is 0 Å². The Morgan fingerprint density at radius 3 is 2.33 bits per heavy atom. The van der Waals surface area contributed by atoms with Crippen molar-refractivity contribution in [3.63, 3.8) is 0 Å². The van der Waals surface area contributed by atoms with Crippen molar-refractivity contribution in [1.82, 2.24) is 19.5 Å². The zero-order valence-electron chi connectivity index (χ0n) is 24.1. The summed E-state index contributed by atoms with van der Waals surface area (Å²) in [5, 5.41) is 8.74. The zero-order chi connectivity index (χ0) is 28.5. The molecule has 0 radical (unpaired) electrons. The van der Waals surface area contributed by atoms with Gasteiger partial charge in [0.2, 0.25) is 5.69 Å². The molecule has 2 aliphatic heterocycles. The molecule has 0 N–H and O–H groups in total. The van der Waals surface area contributed by atoms with Gasteiger partial charge in [-0.05, 0) is 74.2 Å². The first kappa shape index (κ1) is 26.1. The van der Waals surface area contributed by atoms with Crippen LogP contribution in [0.5, 0.6) is 0 Å². The monoisotopic (exact) mass is 539 g/mol. The Bertz CT molecular complexity index is 1790. The molecular weight excluding hydrogens is 505 g/mol. The first-order valence-corrected chi connectivity index (χ1v) is 13.9. The lowest BCUT2D eigenvalue weighted by Gasteiger charge is -2.34. The molecule has 9 heteroatoms. The normalized spacial score (nSPS) is 16.2. The van der Waals surface area contributed by atoms with E-state index in [0.29, 0.717) is 35.6 Å². The molecule has 204 valence electrons. The van der Waals surface area contributed by atoms with Crippen LogP contribution in [0.4, 0.5) is 8.63 Å². The maximum atomic E-state index is 16.5. The van der Waals surface area contributed by atoms with Gasteiger partial charge in [0, 0.05) is 35.9 Å². The molecule has 0 saturated heterocycles. The number of pyridine rings is 1. The molecule has 4 aromatic rings. The second-order valence-corrected chi connectivity index (χ2v) is 10.8. The Morgan fingerprint density at radius 2 is 1.68 bits per heavy atom. The third-order valence-corrected chi connectivity index (χ3v) is 8.73. The van der Waals surface area contributed by atoms with Gasteiger partial charge in [0.05, 0.1) is 17.5 Å². The van der Waals surface area contributed by atoms with Crippen LogP contribution >= 0.6 is 0 Å². The fourth-order valence-corrected chi connectivity index (χ4v) is 6.83. The van der Waals surface area contributed by atoms with Crippen LogP contribution in [0.2, 0.25) is 0 Å². The number of hydrogen-bond donors (Lipinski definition) is 0. The number of rotatable bonds is 5. The van der Waals surface area contributed by atoms with E-state index in [4.69, 9.17) is 0 Å². The third kappa shape index (κ3) is 3.53. The van der Waals surface area contributed by atoms with Crippen LogP contribution in [-0.4, -0.2) is 36.6 Å². The van der Waals surface area contributed by atoms with Crippen LogP contribution in [0.25, 0.3) is 22.6 Å². The highest BCUT2D eigenvalue weighted by Crippen LogP contribution is 2.47. The second-order valence-electron chi connectivity index (χ2n) is 10.8. The number of aryl methyl sites for hydroxylation is 1. The van der Waals surface area contributed by atoms with Gasteiger partial charge in [-0.25, -0.2) is 4.68 Å². The standard InChI is InChI=1S/C31H34BF2N6/c1-8-25-19(3)30-29(31-20(4)26(9-2)22(6)40(31)32(33,34)39(30)21(25)5)23-13-15-24(16-14-23)38-18-27(35-36-38)28-12-10-11-17-37(28)7/h10-18H,8-9H2,1-7H3/q+1. The quantitative estimate of drug-likeness (QED) is 0.233. The summed E-state index contributed by atoms with van der Waals surface area (Å²) in [5.41, 5.74) is 10.7. The molecule has 3 aromatic heterocycles. The average molecular weight is 539 g/mol. The summed E-state index contributed by atoms with van der Waals surface area (Å²) in [4.78, 5) is 0. The zero-order valence-corrected chi connectivity index (χ0v) is 24.1. The molecule has 1 aromatic carbocycles. The summed E-state index contributed by atoms with van der Waals surface area (Å²) < 4.78 is 39.3. The van der Waals surface area contributed by atoms with Gasteiger partial charge in [-0.2, -0.15) is 4.57 Å². The lowest BCUT2D eigenvalue weighted by molar-refractivity contribution is -0.660. The van der Waals surface area contributed by atoms with Crippen LogP contribution in [0.15, 0.2) is 71.7 Å². The summed E-state index contributed by atoms with van der Waals surface area (Å²) in [5.74, 6) is 0. The first-order valence-electron chi connectivity index (χ1n) is 13.9. The number of allylic oxidation sites excluding steroid dienone is 2. The van der Waals surface area contributed by atoms with Crippen molar-refractivity contribution >= 4 is 18.3 Å². The molecule has 0 aliphatic carbocycles. The van der Waals surface area contributed by atoms with Crippen LogP contribution in [0, 0.1) is 13.8 Å². The Hall–Kier alpha value is -4.14. The maximum absolute atomic E-state index is 16.5. The summed E-state index contributed by atoms with van der Waals surface area (Å²) in [7, 11) is 1.97. The predicted octanol–water partition coefficient (Wildman–Crippen LogP) is 5.95. The fourth-order valence-electron chi connectivity index (χ4n) is 6.83. The first-order chi connectivity index (χ1) is 19.1. The summed E-state index contributed by atoms with van der Waals surface area (Å²) in [6, 6.07) is 13.9. The minimum atomic E-state index is -4.04. The Balaban J connectivity index is 1.53. The molecule has 0 amide bonds. The van der Waals surface area contributed by atoms with Crippen molar-refractivity contribution in [2.24, 2.45) is 7.05 Å². The molecule has 2 aliphatic rings. The van der Waals surface area contributed by atoms with E-state index >= 15 is 8.63 Å². The van der Waals surface area contributed by atoms with Crippen molar-refractivity contribution in [2.75, 3.05) is 0 Å². The SMILES string of the molecule is CCC1=C(C)C2=C(c3ccc(-n4cc(-c5cccc[n+]5C)nn4)cc3)c3c(C)c(CC)c(C)n3[B-](F)(F)[N+]2=C1C. The van der Waals surface area contributed by atoms with E-state index in [1.165, 1.54) is 8.96 Å². The van der Waals surface area contributed by atoms with Crippen LogP contribution < -0.4 is 4.57 Å². The molecular formula is C31H34BF2N6+. The van der Waals surface area contributed by atoms with E-state index in [1.54, 1.807) is 4.68 Å². The predicted molar refractivity (Wildman–Crippen MR) is 155 cm³/mol.